The summed E-state index contributed by atoms with van der Waals surface area (Å²) in [5, 5.41) is 5.59. The fourth-order valence-corrected chi connectivity index (χ4v) is 6.20. The van der Waals surface area contributed by atoms with Gasteiger partial charge in [0.05, 0.1) is 28.7 Å². The van der Waals surface area contributed by atoms with Crippen molar-refractivity contribution >= 4 is 26.8 Å². The minimum atomic E-state index is 0.0754. The van der Waals surface area contributed by atoms with Crippen LogP contribution in [0.2, 0.25) is 0 Å². The lowest BCUT2D eigenvalue weighted by Gasteiger charge is -2.29. The predicted octanol–water partition coefficient (Wildman–Crippen LogP) is 5.37. The van der Waals surface area contributed by atoms with Crippen molar-refractivity contribution in [3.8, 4) is 0 Å². The molecule has 2 saturated carbocycles. The van der Waals surface area contributed by atoms with Crippen molar-refractivity contribution in [2.45, 2.75) is 81.8 Å². The molecule has 3 fully saturated rings. The van der Waals surface area contributed by atoms with Crippen molar-refractivity contribution in [3.63, 3.8) is 0 Å². The summed E-state index contributed by atoms with van der Waals surface area (Å²) < 4.78 is 9.48. The molecule has 2 atom stereocenters. The average molecular weight is 453 g/mol. The Morgan fingerprint density at radius 3 is 2.62 bits per heavy atom. The first-order valence-corrected chi connectivity index (χ1v) is 13.0. The second kappa shape index (κ2) is 8.37. The minimum Gasteiger partial charge on any atom is -0.373 e. The first-order chi connectivity index (χ1) is 15.7. The van der Waals surface area contributed by atoms with Gasteiger partial charge in [-0.1, -0.05) is 30.6 Å². The van der Waals surface area contributed by atoms with E-state index in [1.54, 1.807) is 11.3 Å². The van der Waals surface area contributed by atoms with Crippen molar-refractivity contribution in [2.24, 2.45) is 0 Å². The Balaban J connectivity index is 1.32. The maximum absolute atomic E-state index is 6.17. The normalized spacial score (nSPS) is 24.8. The molecule has 3 aromatic heterocycles. The third-order valence-electron chi connectivity index (χ3n) is 7.22. The molecule has 8 heteroatoms. The van der Waals surface area contributed by atoms with Gasteiger partial charge in [-0.15, -0.1) is 0 Å². The number of aromatic nitrogens is 5. The summed E-state index contributed by atoms with van der Waals surface area (Å²) in [5.41, 5.74) is 3.33. The zero-order chi connectivity index (χ0) is 21.7. The highest BCUT2D eigenvalue weighted by Gasteiger charge is 2.32. The van der Waals surface area contributed by atoms with Gasteiger partial charge in [-0.2, -0.15) is 10.1 Å². The highest BCUT2D eigenvalue weighted by Crippen LogP contribution is 2.42. The summed E-state index contributed by atoms with van der Waals surface area (Å²) in [6.45, 7) is 0.740. The smallest absolute Gasteiger partial charge is 0.187 e. The summed E-state index contributed by atoms with van der Waals surface area (Å²) in [4.78, 5) is 17.2. The van der Waals surface area contributed by atoms with Gasteiger partial charge in [0.1, 0.15) is 5.82 Å². The van der Waals surface area contributed by atoms with Gasteiger partial charge in [-0.05, 0) is 38.5 Å². The Labute approximate surface area is 193 Å². The second-order valence-corrected chi connectivity index (χ2v) is 10.9. The Bertz CT molecular complexity index is 1100. The van der Waals surface area contributed by atoms with E-state index in [4.69, 9.17) is 19.7 Å². The molecule has 0 bridgehead atoms. The van der Waals surface area contributed by atoms with Gasteiger partial charge in [-0.3, -0.25) is 4.68 Å². The average Bonchev–Trinajstić information content (AvgIpc) is 3.38. The van der Waals surface area contributed by atoms with E-state index in [1.165, 1.54) is 60.9 Å². The molecule has 0 radical (unpaired) electrons. The molecule has 3 aromatic rings. The molecule has 1 unspecified atom stereocenters. The largest absolute Gasteiger partial charge is 0.373 e. The summed E-state index contributed by atoms with van der Waals surface area (Å²) >= 11 is 1.74. The predicted molar refractivity (Wildman–Crippen MR) is 127 cm³/mol. The second-order valence-electron chi connectivity index (χ2n) is 9.91. The zero-order valence-corrected chi connectivity index (χ0v) is 19.9. The molecule has 2 aliphatic carbocycles. The number of hydrogen-bond acceptors (Lipinski definition) is 7. The van der Waals surface area contributed by atoms with Gasteiger partial charge in [0.15, 0.2) is 10.8 Å². The van der Waals surface area contributed by atoms with Crippen molar-refractivity contribution < 1.29 is 4.74 Å². The minimum absolute atomic E-state index is 0.0754. The van der Waals surface area contributed by atoms with Crippen molar-refractivity contribution in [3.05, 3.63) is 29.5 Å². The Morgan fingerprint density at radius 2 is 1.84 bits per heavy atom. The third kappa shape index (κ3) is 3.92. The van der Waals surface area contributed by atoms with Crippen LogP contribution in [-0.4, -0.2) is 45.4 Å². The molecule has 0 amide bonds. The first kappa shape index (κ1) is 20.5. The van der Waals surface area contributed by atoms with Crippen molar-refractivity contribution in [1.82, 2.24) is 24.7 Å². The molecule has 7 nitrogen and oxygen atoms in total. The summed E-state index contributed by atoms with van der Waals surface area (Å²) in [6, 6.07) is 0.600. The van der Waals surface area contributed by atoms with Gasteiger partial charge < -0.3 is 9.64 Å². The van der Waals surface area contributed by atoms with Gasteiger partial charge in [-0.25, -0.2) is 9.97 Å². The molecule has 3 aliphatic rings. The fourth-order valence-electron chi connectivity index (χ4n) is 5.20. The molecule has 0 aromatic carbocycles. The third-order valence-corrected chi connectivity index (χ3v) is 8.46. The summed E-state index contributed by atoms with van der Waals surface area (Å²) in [7, 11) is 4.11. The van der Waals surface area contributed by atoms with E-state index in [0.717, 1.165) is 36.1 Å². The quantitative estimate of drug-likeness (QED) is 0.519. The van der Waals surface area contributed by atoms with Crippen LogP contribution in [0.4, 0.5) is 5.13 Å². The molecule has 0 spiro atoms. The first-order valence-electron chi connectivity index (χ1n) is 12.2. The topological polar surface area (TPSA) is 69.0 Å². The van der Waals surface area contributed by atoms with E-state index in [-0.39, 0.29) is 6.10 Å². The van der Waals surface area contributed by atoms with Crippen LogP contribution in [0.15, 0.2) is 12.4 Å². The lowest BCUT2D eigenvalue weighted by Crippen LogP contribution is -2.21. The van der Waals surface area contributed by atoms with Gasteiger partial charge in [0.25, 0.3) is 0 Å². The zero-order valence-electron chi connectivity index (χ0n) is 19.0. The standard InChI is InChI=1S/C24H32N6OS/c1-29(2)24-28-23-21(32-24)20(15-6-4-3-5-7-15)26-22(27-23)16-10-11-31-19(12-16)17-13-25-30(14-17)18-8-9-18/h13-16,18-19H,3-12H2,1-2H3/t16?,19-/m1/s1. The Kier molecular flexibility index (Phi) is 5.38. The monoisotopic (exact) mass is 452 g/mol. The number of anilines is 1. The molecule has 170 valence electrons. The molecule has 1 saturated heterocycles. The number of hydrogen-bond donors (Lipinski definition) is 0. The van der Waals surface area contributed by atoms with Crippen LogP contribution in [0, 0.1) is 0 Å². The summed E-state index contributed by atoms with van der Waals surface area (Å²) in [5.74, 6) is 1.81. The molecular formula is C24H32N6OS. The maximum Gasteiger partial charge on any atom is 0.187 e. The van der Waals surface area contributed by atoms with Crippen LogP contribution >= 0.6 is 11.3 Å². The molecular weight excluding hydrogens is 420 g/mol. The van der Waals surface area contributed by atoms with Crippen LogP contribution in [0.25, 0.3) is 10.3 Å². The van der Waals surface area contributed by atoms with E-state index < -0.39 is 0 Å². The van der Waals surface area contributed by atoms with Crippen LogP contribution in [0.1, 0.15) is 98.9 Å². The molecule has 0 N–H and O–H groups in total. The molecule has 32 heavy (non-hydrogen) atoms. The van der Waals surface area contributed by atoms with E-state index in [2.05, 4.69) is 35.0 Å². The van der Waals surface area contributed by atoms with E-state index in [9.17, 15) is 0 Å². The fraction of sp³-hybridized carbons (Fsp3) is 0.667. The number of nitrogens with zero attached hydrogens (tertiary/aromatic N) is 6. The SMILES string of the molecule is CN(C)c1nc2nc(C3CCO[C@@H](c4cnn(C5CC5)c4)C3)nc(C3CCCCC3)c2s1. The number of rotatable bonds is 5. The van der Waals surface area contributed by atoms with Crippen LogP contribution in [0.5, 0.6) is 0 Å². The molecule has 4 heterocycles. The van der Waals surface area contributed by atoms with Gasteiger partial charge in [0.2, 0.25) is 0 Å². The number of fused-ring (bicyclic) bond motifs is 1. The van der Waals surface area contributed by atoms with E-state index >= 15 is 0 Å². The lowest BCUT2D eigenvalue weighted by atomic mass is 9.86. The van der Waals surface area contributed by atoms with Crippen LogP contribution in [-0.2, 0) is 4.74 Å². The van der Waals surface area contributed by atoms with Crippen molar-refractivity contribution in [1.29, 1.82) is 0 Å². The lowest BCUT2D eigenvalue weighted by molar-refractivity contribution is 0.00391. The van der Waals surface area contributed by atoms with Gasteiger partial charge >= 0.3 is 0 Å². The maximum atomic E-state index is 6.17. The van der Waals surface area contributed by atoms with Crippen molar-refractivity contribution in [2.75, 3.05) is 25.6 Å². The number of thiazole rings is 1. The summed E-state index contributed by atoms with van der Waals surface area (Å²) in [6.07, 6.45) is 15.0. The highest BCUT2D eigenvalue weighted by atomic mass is 32.1. The Hall–Kier alpha value is -2.06. The van der Waals surface area contributed by atoms with Crippen LogP contribution < -0.4 is 4.90 Å². The number of ether oxygens (including phenoxy) is 1. The molecule has 6 rings (SSSR count). The van der Waals surface area contributed by atoms with Gasteiger partial charge in [0, 0.05) is 44.3 Å². The van der Waals surface area contributed by atoms with Crippen LogP contribution in [0.3, 0.4) is 0 Å². The van der Waals surface area contributed by atoms with E-state index in [1.807, 2.05) is 6.20 Å². The Morgan fingerprint density at radius 1 is 1.00 bits per heavy atom. The molecule has 1 aliphatic heterocycles. The highest BCUT2D eigenvalue weighted by molar-refractivity contribution is 7.22. The van der Waals surface area contributed by atoms with E-state index in [0.29, 0.717) is 17.9 Å².